The highest BCUT2D eigenvalue weighted by Gasteiger charge is 2.34. The summed E-state index contributed by atoms with van der Waals surface area (Å²) in [5.74, 6) is 0. The summed E-state index contributed by atoms with van der Waals surface area (Å²) in [6, 6.07) is 9.81. The number of halogens is 3. The Balaban J connectivity index is 1.40. The highest BCUT2D eigenvalue weighted by Crippen LogP contribution is 2.32. The molecule has 0 bridgehead atoms. The smallest absolute Gasteiger partial charge is 0.380 e. The molecule has 0 radical (unpaired) electrons. The zero-order valence-electron chi connectivity index (χ0n) is 16.2. The molecule has 0 aliphatic carbocycles. The van der Waals surface area contributed by atoms with E-state index in [1.165, 1.54) is 23.4 Å². The fourth-order valence-electron chi connectivity index (χ4n) is 4.18. The third-order valence-corrected chi connectivity index (χ3v) is 5.99. The molecule has 30 heavy (non-hydrogen) atoms. The summed E-state index contributed by atoms with van der Waals surface area (Å²) in [6.07, 6.45) is 0.702. The first-order chi connectivity index (χ1) is 14.4. The number of nitrogens with one attached hydrogen (secondary N) is 2. The van der Waals surface area contributed by atoms with Gasteiger partial charge in [0, 0.05) is 61.1 Å². The molecule has 0 saturated carbocycles. The van der Waals surface area contributed by atoms with Gasteiger partial charge in [0.2, 0.25) is 0 Å². The highest BCUT2D eigenvalue weighted by molar-refractivity contribution is 5.67. The van der Waals surface area contributed by atoms with Crippen molar-refractivity contribution >= 4 is 11.4 Å². The van der Waals surface area contributed by atoms with Crippen LogP contribution in [0.3, 0.4) is 0 Å². The average molecular weight is 414 g/mol. The van der Waals surface area contributed by atoms with E-state index in [4.69, 9.17) is 0 Å². The molecule has 0 amide bonds. The van der Waals surface area contributed by atoms with Crippen LogP contribution in [0.5, 0.6) is 0 Å². The predicted molar refractivity (Wildman–Crippen MR) is 110 cm³/mol. The van der Waals surface area contributed by atoms with Crippen LogP contribution in [0, 0.1) is 0 Å². The average Bonchev–Trinajstić information content (AvgIpc) is 3.09. The fraction of sp³-hybridized carbons (Fsp3) is 0.318. The second kappa shape index (κ2) is 7.05. The van der Waals surface area contributed by atoms with E-state index in [0.717, 1.165) is 37.8 Å². The van der Waals surface area contributed by atoms with E-state index in [2.05, 4.69) is 27.7 Å². The Labute approximate surface area is 171 Å². The van der Waals surface area contributed by atoms with Crippen LogP contribution in [-0.4, -0.2) is 43.0 Å². The largest absolute Gasteiger partial charge is 0.414 e. The lowest BCUT2D eigenvalue weighted by Crippen LogP contribution is -2.56. The van der Waals surface area contributed by atoms with Gasteiger partial charge >= 0.3 is 6.18 Å². The van der Waals surface area contributed by atoms with Crippen molar-refractivity contribution in [1.82, 2.24) is 15.2 Å². The monoisotopic (exact) mass is 414 g/mol. The van der Waals surface area contributed by atoms with Gasteiger partial charge in [0.25, 0.3) is 5.56 Å². The maximum atomic E-state index is 12.8. The van der Waals surface area contributed by atoms with Gasteiger partial charge in [-0.1, -0.05) is 6.08 Å². The van der Waals surface area contributed by atoms with Crippen molar-refractivity contribution in [3.8, 4) is 5.69 Å². The van der Waals surface area contributed by atoms with Gasteiger partial charge in [-0.05, 0) is 42.3 Å². The Morgan fingerprint density at radius 2 is 1.90 bits per heavy atom. The Bertz CT molecular complexity index is 1110. The number of hydrogen-bond acceptors (Lipinski definition) is 4. The zero-order chi connectivity index (χ0) is 20.9. The Morgan fingerprint density at radius 1 is 1.07 bits per heavy atom. The highest BCUT2D eigenvalue weighted by atomic mass is 19.4. The van der Waals surface area contributed by atoms with E-state index in [9.17, 15) is 18.0 Å². The van der Waals surface area contributed by atoms with Gasteiger partial charge < -0.3 is 15.5 Å². The van der Waals surface area contributed by atoms with Crippen LogP contribution in [0.15, 0.2) is 59.0 Å². The maximum Gasteiger partial charge on any atom is 0.414 e. The Kier molecular flexibility index (Phi) is 4.47. The van der Waals surface area contributed by atoms with E-state index >= 15 is 0 Å². The van der Waals surface area contributed by atoms with Gasteiger partial charge in [-0.2, -0.15) is 13.2 Å². The molecule has 2 aromatic rings. The van der Waals surface area contributed by atoms with Crippen LogP contribution in [0.1, 0.15) is 11.1 Å². The Hall–Kier alpha value is -3.00. The molecule has 5 nitrogen and oxygen atoms in total. The summed E-state index contributed by atoms with van der Waals surface area (Å²) in [7, 11) is 0. The molecule has 8 heteroatoms. The lowest BCUT2D eigenvalue weighted by molar-refractivity contribution is -0.0927. The van der Waals surface area contributed by atoms with E-state index < -0.39 is 11.7 Å². The van der Waals surface area contributed by atoms with E-state index in [1.807, 2.05) is 6.07 Å². The predicted octanol–water partition coefficient (Wildman–Crippen LogP) is 2.60. The number of allylic oxidation sites excluding steroid dienone is 2. The number of nitrogens with zero attached hydrogens (tertiary/aromatic N) is 2. The molecule has 3 aliphatic rings. The first-order valence-corrected chi connectivity index (χ1v) is 9.96. The number of dihydropyridines is 1. The van der Waals surface area contributed by atoms with Crippen molar-refractivity contribution in [3.05, 3.63) is 75.7 Å². The molecular formula is C22H21F3N4O. The number of anilines is 1. The summed E-state index contributed by atoms with van der Waals surface area (Å²) in [5, 5.41) is 6.05. The molecule has 1 aromatic heterocycles. The minimum absolute atomic E-state index is 0.223. The van der Waals surface area contributed by atoms with Gasteiger partial charge in [-0.15, -0.1) is 0 Å². The van der Waals surface area contributed by atoms with Crippen molar-refractivity contribution in [2.75, 3.05) is 31.1 Å². The number of pyridine rings is 1. The van der Waals surface area contributed by atoms with Crippen molar-refractivity contribution in [3.63, 3.8) is 0 Å². The number of benzene rings is 1. The molecule has 0 unspecified atom stereocenters. The second-order valence-corrected chi connectivity index (χ2v) is 7.82. The van der Waals surface area contributed by atoms with E-state index in [1.54, 1.807) is 16.8 Å². The Morgan fingerprint density at radius 3 is 2.53 bits per heavy atom. The van der Waals surface area contributed by atoms with Gasteiger partial charge in [0.05, 0.1) is 11.6 Å². The molecular weight excluding hydrogens is 393 g/mol. The SMILES string of the molecule is O=c1cc(C2=CC=C(C(F)(F)F)CN2)ccn1-c1ccc2c(c1)CCN2C1CNC1. The lowest BCUT2D eigenvalue weighted by Gasteiger charge is -2.37. The number of hydrogen-bond donors (Lipinski definition) is 2. The fourth-order valence-corrected chi connectivity index (χ4v) is 4.18. The van der Waals surface area contributed by atoms with Gasteiger partial charge in [0.1, 0.15) is 0 Å². The molecule has 2 N–H and O–H groups in total. The summed E-state index contributed by atoms with van der Waals surface area (Å²) in [5.41, 5.74) is 3.48. The first kappa shape index (κ1) is 19.0. The van der Waals surface area contributed by atoms with Gasteiger partial charge in [-0.3, -0.25) is 9.36 Å². The second-order valence-electron chi connectivity index (χ2n) is 7.82. The van der Waals surface area contributed by atoms with Gasteiger partial charge in [0.15, 0.2) is 0 Å². The van der Waals surface area contributed by atoms with Crippen molar-refractivity contribution < 1.29 is 13.2 Å². The molecule has 5 rings (SSSR count). The standard InChI is InChI=1S/C22H21F3N4O/c23-22(24,25)16-1-3-19(27-11-16)14-5-8-29(21(30)10-14)17-2-4-20-15(9-17)6-7-28(20)18-12-26-13-18/h1-5,8-10,18,26-27H,6-7,11-13H2. The zero-order valence-corrected chi connectivity index (χ0v) is 16.2. The third-order valence-electron chi connectivity index (χ3n) is 5.99. The molecule has 0 atom stereocenters. The quantitative estimate of drug-likeness (QED) is 0.811. The van der Waals surface area contributed by atoms with Crippen LogP contribution in [-0.2, 0) is 6.42 Å². The summed E-state index contributed by atoms with van der Waals surface area (Å²) in [6.45, 7) is 2.69. The number of alkyl halides is 3. The molecule has 1 fully saturated rings. The lowest BCUT2D eigenvalue weighted by atomic mass is 10.1. The molecule has 1 aromatic carbocycles. The topological polar surface area (TPSA) is 49.3 Å². The van der Waals surface area contributed by atoms with Crippen LogP contribution in [0.25, 0.3) is 11.4 Å². The van der Waals surface area contributed by atoms with Crippen LogP contribution >= 0.6 is 0 Å². The number of rotatable bonds is 3. The molecule has 1 saturated heterocycles. The van der Waals surface area contributed by atoms with Gasteiger partial charge in [-0.25, -0.2) is 0 Å². The van der Waals surface area contributed by atoms with Crippen LogP contribution in [0.2, 0.25) is 0 Å². The number of aromatic nitrogens is 1. The molecule has 4 heterocycles. The molecule has 0 spiro atoms. The van der Waals surface area contributed by atoms with Crippen LogP contribution in [0.4, 0.5) is 18.9 Å². The number of fused-ring (bicyclic) bond motifs is 1. The molecule has 3 aliphatic heterocycles. The summed E-state index contributed by atoms with van der Waals surface area (Å²) in [4.78, 5) is 15.2. The van der Waals surface area contributed by atoms with Crippen molar-refractivity contribution in [1.29, 1.82) is 0 Å². The summed E-state index contributed by atoms with van der Waals surface area (Å²) < 4.78 is 39.9. The normalized spacial score (nSPS) is 19.0. The van der Waals surface area contributed by atoms with Crippen molar-refractivity contribution in [2.24, 2.45) is 0 Å². The third kappa shape index (κ3) is 3.31. The minimum atomic E-state index is -4.35. The first-order valence-electron chi connectivity index (χ1n) is 9.96. The summed E-state index contributed by atoms with van der Waals surface area (Å²) >= 11 is 0. The maximum absolute atomic E-state index is 12.8. The van der Waals surface area contributed by atoms with E-state index in [-0.39, 0.29) is 12.1 Å². The van der Waals surface area contributed by atoms with Crippen molar-refractivity contribution in [2.45, 2.75) is 18.6 Å². The van der Waals surface area contributed by atoms with Crippen LogP contribution < -0.4 is 21.1 Å². The van der Waals surface area contributed by atoms with E-state index in [0.29, 0.717) is 17.3 Å². The molecule has 156 valence electrons. The minimum Gasteiger partial charge on any atom is -0.380 e.